The summed E-state index contributed by atoms with van der Waals surface area (Å²) in [5, 5.41) is 4.36. The molecule has 1 saturated heterocycles. The van der Waals surface area contributed by atoms with Crippen LogP contribution in [0.25, 0.3) is 5.78 Å². The zero-order chi connectivity index (χ0) is 16.0. The number of hydrogen-bond donors (Lipinski definition) is 0. The third-order valence-electron chi connectivity index (χ3n) is 4.61. The Morgan fingerprint density at radius 1 is 1.26 bits per heavy atom. The van der Waals surface area contributed by atoms with E-state index in [0.29, 0.717) is 11.7 Å². The summed E-state index contributed by atoms with van der Waals surface area (Å²) in [5.74, 6) is 4.34. The molecule has 0 amide bonds. The van der Waals surface area contributed by atoms with Crippen molar-refractivity contribution in [2.24, 2.45) is 5.92 Å². The van der Waals surface area contributed by atoms with Crippen LogP contribution in [0.4, 0.5) is 5.82 Å². The summed E-state index contributed by atoms with van der Waals surface area (Å²) in [6.45, 7) is 7.27. The second-order valence-electron chi connectivity index (χ2n) is 6.51. The number of furan rings is 1. The Morgan fingerprint density at radius 2 is 2.13 bits per heavy atom. The van der Waals surface area contributed by atoms with Crippen molar-refractivity contribution < 1.29 is 4.42 Å². The first-order chi connectivity index (χ1) is 11.1. The maximum Gasteiger partial charge on any atom is 0.254 e. The molecule has 0 radical (unpaired) electrons. The van der Waals surface area contributed by atoms with Gasteiger partial charge in [-0.2, -0.15) is 14.6 Å². The molecular formula is C17H21N5O. The fourth-order valence-corrected chi connectivity index (χ4v) is 3.43. The molecule has 0 aromatic carbocycles. The van der Waals surface area contributed by atoms with Crippen molar-refractivity contribution in [2.45, 2.75) is 39.7 Å². The van der Waals surface area contributed by atoms with E-state index in [0.717, 1.165) is 42.4 Å². The second-order valence-corrected chi connectivity index (χ2v) is 6.51. The van der Waals surface area contributed by atoms with Gasteiger partial charge in [-0.1, -0.05) is 6.92 Å². The van der Waals surface area contributed by atoms with Gasteiger partial charge in [-0.25, -0.2) is 4.98 Å². The molecule has 6 nitrogen and oxygen atoms in total. The molecule has 0 saturated carbocycles. The van der Waals surface area contributed by atoms with Gasteiger partial charge in [-0.05, 0) is 44.7 Å². The maximum atomic E-state index is 5.94. The fraction of sp³-hybridized carbons (Fsp3) is 0.471. The molecule has 1 aliphatic heterocycles. The smallest absolute Gasteiger partial charge is 0.254 e. The number of hydrogen-bond acceptors (Lipinski definition) is 5. The van der Waals surface area contributed by atoms with E-state index in [1.54, 1.807) is 6.33 Å². The van der Waals surface area contributed by atoms with Gasteiger partial charge in [0.05, 0.1) is 6.04 Å². The molecule has 4 heterocycles. The van der Waals surface area contributed by atoms with Crippen molar-refractivity contribution in [2.75, 3.05) is 11.4 Å². The third kappa shape index (κ3) is 2.48. The average molecular weight is 311 g/mol. The highest BCUT2D eigenvalue weighted by Gasteiger charge is 2.31. The highest BCUT2D eigenvalue weighted by Crippen LogP contribution is 2.38. The lowest BCUT2D eigenvalue weighted by molar-refractivity contribution is 0.322. The van der Waals surface area contributed by atoms with E-state index in [-0.39, 0.29) is 6.04 Å². The summed E-state index contributed by atoms with van der Waals surface area (Å²) in [4.78, 5) is 11.1. The monoisotopic (exact) mass is 311 g/mol. The molecule has 2 atom stereocenters. The number of fused-ring (bicyclic) bond motifs is 1. The Hall–Kier alpha value is -2.37. The van der Waals surface area contributed by atoms with Crippen LogP contribution in [0.2, 0.25) is 0 Å². The van der Waals surface area contributed by atoms with E-state index in [1.807, 2.05) is 24.4 Å². The van der Waals surface area contributed by atoms with E-state index in [4.69, 9.17) is 4.42 Å². The molecule has 3 aromatic rings. The molecule has 0 bridgehead atoms. The van der Waals surface area contributed by atoms with Gasteiger partial charge >= 0.3 is 0 Å². The van der Waals surface area contributed by atoms with Crippen LogP contribution in [0.3, 0.4) is 0 Å². The first-order valence-corrected chi connectivity index (χ1v) is 8.12. The molecule has 2 unspecified atom stereocenters. The van der Waals surface area contributed by atoms with E-state index in [1.165, 1.54) is 0 Å². The first-order valence-electron chi connectivity index (χ1n) is 8.12. The SMILES string of the molecule is Cc1cc(N2CCC(C)CC2c2ccc(C)o2)n2ncnc2n1. The van der Waals surface area contributed by atoms with Crippen LogP contribution in [-0.4, -0.2) is 26.1 Å². The van der Waals surface area contributed by atoms with E-state index in [9.17, 15) is 0 Å². The molecular weight excluding hydrogens is 290 g/mol. The van der Waals surface area contributed by atoms with Crippen molar-refractivity contribution in [3.05, 3.63) is 41.7 Å². The third-order valence-corrected chi connectivity index (χ3v) is 4.61. The molecule has 4 rings (SSSR count). The highest BCUT2D eigenvalue weighted by atomic mass is 16.3. The van der Waals surface area contributed by atoms with Crippen LogP contribution < -0.4 is 4.90 Å². The summed E-state index contributed by atoms with van der Waals surface area (Å²) in [6.07, 6.45) is 3.79. The van der Waals surface area contributed by atoms with Crippen molar-refractivity contribution in [3.8, 4) is 0 Å². The topological polar surface area (TPSA) is 59.5 Å². The quantitative estimate of drug-likeness (QED) is 0.726. The van der Waals surface area contributed by atoms with Gasteiger partial charge < -0.3 is 9.32 Å². The molecule has 0 spiro atoms. The van der Waals surface area contributed by atoms with Crippen molar-refractivity contribution in [1.29, 1.82) is 0 Å². The summed E-state index contributed by atoms with van der Waals surface area (Å²) in [6, 6.07) is 6.44. The second kappa shape index (κ2) is 5.37. The van der Waals surface area contributed by atoms with E-state index in [2.05, 4.69) is 39.0 Å². The maximum absolute atomic E-state index is 5.94. The standard InChI is InChI=1S/C17H21N5O/c1-11-6-7-21(14(8-11)15-5-4-13(3)23-15)16-9-12(2)20-17-18-10-19-22(16)17/h4-5,9-11,14H,6-8H2,1-3H3. The van der Waals surface area contributed by atoms with Crippen LogP contribution in [-0.2, 0) is 0 Å². The Bertz CT molecular complexity index is 836. The zero-order valence-electron chi connectivity index (χ0n) is 13.7. The Kier molecular flexibility index (Phi) is 3.32. The number of rotatable bonds is 2. The Balaban J connectivity index is 1.82. The lowest BCUT2D eigenvalue weighted by Crippen LogP contribution is -2.37. The number of aromatic nitrogens is 4. The van der Waals surface area contributed by atoms with Crippen molar-refractivity contribution in [1.82, 2.24) is 19.6 Å². The van der Waals surface area contributed by atoms with Gasteiger partial charge in [0.25, 0.3) is 5.78 Å². The summed E-state index contributed by atoms with van der Waals surface area (Å²) >= 11 is 0. The molecule has 1 aliphatic rings. The molecule has 0 aliphatic carbocycles. The van der Waals surface area contributed by atoms with Gasteiger partial charge in [0.15, 0.2) is 0 Å². The lowest BCUT2D eigenvalue weighted by Gasteiger charge is -2.38. The molecule has 23 heavy (non-hydrogen) atoms. The molecule has 1 fully saturated rings. The van der Waals surface area contributed by atoms with Crippen molar-refractivity contribution in [3.63, 3.8) is 0 Å². The van der Waals surface area contributed by atoms with Crippen LogP contribution in [0, 0.1) is 19.8 Å². The van der Waals surface area contributed by atoms with Gasteiger partial charge in [0.2, 0.25) is 0 Å². The normalized spacial score (nSPS) is 22.0. The average Bonchev–Trinajstić information content (AvgIpc) is 3.15. The Labute approximate surface area is 135 Å². The minimum atomic E-state index is 0.224. The lowest BCUT2D eigenvalue weighted by atomic mass is 9.91. The van der Waals surface area contributed by atoms with Gasteiger partial charge in [-0.15, -0.1) is 0 Å². The molecule has 0 N–H and O–H groups in total. The minimum Gasteiger partial charge on any atom is -0.464 e. The predicted molar refractivity (Wildman–Crippen MR) is 87.4 cm³/mol. The van der Waals surface area contributed by atoms with Crippen molar-refractivity contribution >= 4 is 11.6 Å². The zero-order valence-corrected chi connectivity index (χ0v) is 13.7. The number of aryl methyl sites for hydroxylation is 2. The summed E-state index contributed by atoms with van der Waals surface area (Å²) < 4.78 is 7.77. The fourth-order valence-electron chi connectivity index (χ4n) is 3.43. The molecule has 3 aromatic heterocycles. The van der Waals surface area contributed by atoms with Crippen LogP contribution in [0.5, 0.6) is 0 Å². The largest absolute Gasteiger partial charge is 0.464 e. The molecule has 6 heteroatoms. The van der Waals surface area contributed by atoms with Gasteiger partial charge in [-0.3, -0.25) is 0 Å². The minimum absolute atomic E-state index is 0.224. The number of nitrogens with zero attached hydrogens (tertiary/aromatic N) is 5. The van der Waals surface area contributed by atoms with Crippen LogP contribution >= 0.6 is 0 Å². The van der Waals surface area contributed by atoms with E-state index < -0.39 is 0 Å². The van der Waals surface area contributed by atoms with Gasteiger partial charge in [0, 0.05) is 18.3 Å². The predicted octanol–water partition coefficient (Wildman–Crippen LogP) is 3.31. The highest BCUT2D eigenvalue weighted by molar-refractivity contribution is 5.49. The van der Waals surface area contributed by atoms with E-state index >= 15 is 0 Å². The summed E-state index contributed by atoms with van der Waals surface area (Å²) in [5.41, 5.74) is 0.952. The van der Waals surface area contributed by atoms with Crippen LogP contribution in [0.15, 0.2) is 28.9 Å². The van der Waals surface area contributed by atoms with Crippen LogP contribution in [0.1, 0.15) is 43.0 Å². The first kappa shape index (κ1) is 14.2. The van der Waals surface area contributed by atoms with Gasteiger partial charge in [0.1, 0.15) is 23.7 Å². The Morgan fingerprint density at radius 3 is 2.91 bits per heavy atom. The number of anilines is 1. The number of piperidine rings is 1. The molecule has 120 valence electrons. The summed E-state index contributed by atoms with van der Waals surface area (Å²) in [7, 11) is 0.